The molecule has 0 saturated carbocycles. The van der Waals surface area contributed by atoms with Crippen molar-refractivity contribution < 1.29 is 17.9 Å². The molecule has 2 aromatic carbocycles. The van der Waals surface area contributed by atoms with Crippen LogP contribution in [0.3, 0.4) is 0 Å². The predicted molar refractivity (Wildman–Crippen MR) is 130 cm³/mol. The van der Waals surface area contributed by atoms with Crippen molar-refractivity contribution in [2.24, 2.45) is 5.92 Å². The molecular formula is C23H25ClN4O5S. The largest absolute Gasteiger partial charge is 0.495 e. The van der Waals surface area contributed by atoms with Gasteiger partial charge in [-0.25, -0.2) is 13.4 Å². The number of sulfonamides is 1. The zero-order valence-electron chi connectivity index (χ0n) is 18.8. The smallest absolute Gasteiger partial charge is 0.261 e. The van der Waals surface area contributed by atoms with Gasteiger partial charge in [-0.2, -0.15) is 4.31 Å². The molecule has 3 aromatic rings. The second-order valence-electron chi connectivity index (χ2n) is 8.34. The van der Waals surface area contributed by atoms with Gasteiger partial charge < -0.3 is 10.1 Å². The lowest BCUT2D eigenvalue weighted by atomic mass is 10.0. The molecule has 1 saturated heterocycles. The number of benzene rings is 2. The number of piperidine rings is 1. The third-order valence-corrected chi connectivity index (χ3v) is 8.06. The summed E-state index contributed by atoms with van der Waals surface area (Å²) in [5.74, 6) is 0.413. The van der Waals surface area contributed by atoms with Gasteiger partial charge in [-0.1, -0.05) is 18.5 Å². The Morgan fingerprint density at radius 1 is 1.21 bits per heavy atom. The Hall–Kier alpha value is -2.95. The van der Waals surface area contributed by atoms with Gasteiger partial charge in [-0.05, 0) is 55.2 Å². The first kappa shape index (κ1) is 24.2. The highest BCUT2D eigenvalue weighted by molar-refractivity contribution is 7.89. The Kier molecular flexibility index (Phi) is 6.92. The molecule has 180 valence electrons. The van der Waals surface area contributed by atoms with Crippen LogP contribution in [0.4, 0.5) is 5.69 Å². The number of methoxy groups -OCH3 is 1. The maximum Gasteiger partial charge on any atom is 0.261 e. The number of anilines is 1. The summed E-state index contributed by atoms with van der Waals surface area (Å²) in [4.78, 5) is 30.0. The molecular weight excluding hydrogens is 480 g/mol. The fourth-order valence-electron chi connectivity index (χ4n) is 3.91. The third kappa shape index (κ3) is 4.94. The number of rotatable bonds is 6. The van der Waals surface area contributed by atoms with Gasteiger partial charge in [0.05, 0.1) is 34.9 Å². The minimum absolute atomic E-state index is 0.0410. The molecule has 11 heteroatoms. The van der Waals surface area contributed by atoms with Crippen LogP contribution in [-0.2, 0) is 21.4 Å². The maximum atomic E-state index is 13.1. The van der Waals surface area contributed by atoms with Crippen LogP contribution < -0.4 is 15.6 Å². The van der Waals surface area contributed by atoms with Gasteiger partial charge >= 0.3 is 0 Å². The summed E-state index contributed by atoms with van der Waals surface area (Å²) in [6.45, 7) is 2.68. The van der Waals surface area contributed by atoms with Crippen LogP contribution in [0.15, 0.2) is 52.4 Å². The molecule has 2 heterocycles. The van der Waals surface area contributed by atoms with E-state index in [-0.39, 0.29) is 16.8 Å². The second-order valence-corrected chi connectivity index (χ2v) is 10.7. The summed E-state index contributed by atoms with van der Waals surface area (Å²) >= 11 is 6.00. The van der Waals surface area contributed by atoms with Crippen LogP contribution in [0, 0.1) is 5.92 Å². The van der Waals surface area contributed by atoms with E-state index in [1.54, 1.807) is 12.1 Å². The molecule has 4 rings (SSSR count). The third-order valence-electron chi connectivity index (χ3n) is 5.93. The molecule has 0 radical (unpaired) electrons. The van der Waals surface area contributed by atoms with E-state index in [1.165, 1.54) is 42.0 Å². The number of fused-ring (bicyclic) bond motifs is 1. The number of ether oxygens (including phenoxy) is 1. The minimum atomic E-state index is -3.73. The van der Waals surface area contributed by atoms with E-state index < -0.39 is 21.5 Å². The van der Waals surface area contributed by atoms with Crippen molar-refractivity contribution in [3.63, 3.8) is 0 Å². The lowest BCUT2D eigenvalue weighted by molar-refractivity contribution is -0.116. The average molecular weight is 505 g/mol. The molecule has 0 spiro atoms. The Morgan fingerprint density at radius 2 is 1.94 bits per heavy atom. The van der Waals surface area contributed by atoms with Gasteiger partial charge in [0.1, 0.15) is 12.3 Å². The van der Waals surface area contributed by atoms with Crippen LogP contribution >= 0.6 is 11.6 Å². The Morgan fingerprint density at radius 3 is 2.65 bits per heavy atom. The van der Waals surface area contributed by atoms with Crippen LogP contribution in [0.1, 0.15) is 19.8 Å². The number of carbonyl (C=O) groups excluding carboxylic acids is 1. The van der Waals surface area contributed by atoms with E-state index in [0.29, 0.717) is 41.0 Å². The molecule has 1 aromatic heterocycles. The molecule has 0 unspecified atom stereocenters. The summed E-state index contributed by atoms with van der Waals surface area (Å²) in [7, 11) is -2.27. The number of nitrogens with one attached hydrogen (secondary N) is 1. The van der Waals surface area contributed by atoms with Crippen molar-refractivity contribution in [2.75, 3.05) is 25.5 Å². The van der Waals surface area contributed by atoms with Crippen LogP contribution in [0.5, 0.6) is 5.75 Å². The Bertz CT molecular complexity index is 1400. The molecule has 0 atom stereocenters. The first-order valence-corrected chi connectivity index (χ1v) is 12.6. The molecule has 1 amide bonds. The minimum Gasteiger partial charge on any atom is -0.495 e. The van der Waals surface area contributed by atoms with Gasteiger partial charge in [0.15, 0.2) is 0 Å². The highest BCUT2D eigenvalue weighted by Gasteiger charge is 2.28. The number of hydrogen-bond donors (Lipinski definition) is 1. The second kappa shape index (κ2) is 9.73. The van der Waals surface area contributed by atoms with Crippen molar-refractivity contribution >= 4 is 44.1 Å². The quantitative estimate of drug-likeness (QED) is 0.552. The number of amides is 1. The van der Waals surface area contributed by atoms with Gasteiger partial charge in [0.2, 0.25) is 15.9 Å². The van der Waals surface area contributed by atoms with Crippen molar-refractivity contribution in [1.29, 1.82) is 0 Å². The van der Waals surface area contributed by atoms with E-state index in [4.69, 9.17) is 16.3 Å². The summed E-state index contributed by atoms with van der Waals surface area (Å²) in [5.41, 5.74) is 0.206. The van der Waals surface area contributed by atoms with Crippen LogP contribution in [0.2, 0.25) is 5.02 Å². The average Bonchev–Trinajstić information content (AvgIpc) is 2.81. The van der Waals surface area contributed by atoms with E-state index in [1.807, 2.05) is 0 Å². The molecule has 0 aliphatic carbocycles. The molecule has 0 bridgehead atoms. The fourth-order valence-corrected chi connectivity index (χ4v) is 5.58. The number of carbonyl (C=O) groups is 1. The predicted octanol–water partition coefficient (Wildman–Crippen LogP) is 3.12. The number of nitrogens with zero attached hydrogens (tertiary/aromatic N) is 3. The summed E-state index contributed by atoms with van der Waals surface area (Å²) in [6, 6.07) is 9.10. The highest BCUT2D eigenvalue weighted by atomic mass is 35.5. The van der Waals surface area contributed by atoms with E-state index in [0.717, 1.165) is 17.4 Å². The van der Waals surface area contributed by atoms with Crippen LogP contribution in [0.25, 0.3) is 10.9 Å². The number of hydrogen-bond acceptors (Lipinski definition) is 6. The van der Waals surface area contributed by atoms with Gasteiger partial charge in [0.25, 0.3) is 5.56 Å². The summed E-state index contributed by atoms with van der Waals surface area (Å²) in [6.07, 6.45) is 2.86. The molecule has 1 fully saturated rings. The van der Waals surface area contributed by atoms with E-state index >= 15 is 0 Å². The Labute approximate surface area is 202 Å². The van der Waals surface area contributed by atoms with Gasteiger partial charge in [-0.3, -0.25) is 14.2 Å². The van der Waals surface area contributed by atoms with Crippen molar-refractivity contribution in [3.8, 4) is 5.75 Å². The fraction of sp³-hybridized carbons (Fsp3) is 0.348. The maximum absolute atomic E-state index is 13.1. The molecule has 1 aliphatic rings. The molecule has 9 nitrogen and oxygen atoms in total. The van der Waals surface area contributed by atoms with Crippen molar-refractivity contribution in [3.05, 3.63) is 58.1 Å². The molecule has 1 N–H and O–H groups in total. The van der Waals surface area contributed by atoms with Gasteiger partial charge in [-0.15, -0.1) is 0 Å². The van der Waals surface area contributed by atoms with E-state index in [2.05, 4.69) is 17.2 Å². The SMILES string of the molecule is COc1ccc(Cl)cc1NC(=O)Cn1cnc2ccc(S(=O)(=O)N3CCC(C)CC3)cc2c1=O. The lowest BCUT2D eigenvalue weighted by Gasteiger charge is -2.29. The normalized spacial score (nSPS) is 15.4. The van der Waals surface area contributed by atoms with Crippen molar-refractivity contribution in [1.82, 2.24) is 13.9 Å². The van der Waals surface area contributed by atoms with Crippen molar-refractivity contribution in [2.45, 2.75) is 31.2 Å². The first-order valence-electron chi connectivity index (χ1n) is 10.8. The zero-order chi connectivity index (χ0) is 24.5. The monoisotopic (exact) mass is 504 g/mol. The van der Waals surface area contributed by atoms with Gasteiger partial charge in [0, 0.05) is 18.1 Å². The lowest BCUT2D eigenvalue weighted by Crippen LogP contribution is -2.38. The zero-order valence-corrected chi connectivity index (χ0v) is 20.4. The topological polar surface area (TPSA) is 111 Å². The molecule has 34 heavy (non-hydrogen) atoms. The van der Waals surface area contributed by atoms with Crippen LogP contribution in [-0.4, -0.2) is 48.4 Å². The number of halogens is 1. The number of aromatic nitrogens is 2. The van der Waals surface area contributed by atoms with E-state index in [9.17, 15) is 18.0 Å². The summed E-state index contributed by atoms with van der Waals surface area (Å²) < 4.78 is 34.0. The highest BCUT2D eigenvalue weighted by Crippen LogP contribution is 2.28. The Balaban J connectivity index is 1.60. The summed E-state index contributed by atoms with van der Waals surface area (Å²) in [5, 5.41) is 3.21. The standard InChI is InChI=1S/C23H25ClN4O5S/c1-15-7-9-28(10-8-15)34(31,32)17-4-5-19-18(12-17)23(30)27(14-25-19)13-22(29)26-20-11-16(24)3-6-21(20)33-2/h3-6,11-12,14-15H,7-10,13H2,1-2H3,(H,26,29). The first-order chi connectivity index (χ1) is 16.2. The molecule has 1 aliphatic heterocycles.